The van der Waals surface area contributed by atoms with Crippen molar-refractivity contribution in [3.05, 3.63) is 80.6 Å². The summed E-state index contributed by atoms with van der Waals surface area (Å²) < 4.78 is 1.91. The molecule has 0 N–H and O–H groups in total. The Labute approximate surface area is 134 Å². The van der Waals surface area contributed by atoms with Crippen molar-refractivity contribution < 1.29 is 0 Å². The van der Waals surface area contributed by atoms with Crippen molar-refractivity contribution in [1.82, 2.24) is 4.57 Å². The van der Waals surface area contributed by atoms with Crippen LogP contribution >= 0.6 is 11.6 Å². The Morgan fingerprint density at radius 3 is 2.68 bits per heavy atom. The molecule has 4 rings (SSSR count). The molecule has 0 amide bonds. The first-order chi connectivity index (χ1) is 10.8. The largest absolute Gasteiger partial charge is 0.308 e. The van der Waals surface area contributed by atoms with Gasteiger partial charge in [0.15, 0.2) is 0 Å². The summed E-state index contributed by atoms with van der Waals surface area (Å²) in [4.78, 5) is 12.9. The van der Waals surface area contributed by atoms with Gasteiger partial charge in [-0.15, -0.1) is 0 Å². The minimum Gasteiger partial charge on any atom is -0.308 e. The first-order valence-electron chi connectivity index (χ1n) is 7.62. The van der Waals surface area contributed by atoms with Crippen molar-refractivity contribution in [2.24, 2.45) is 0 Å². The first kappa shape index (κ1) is 13.6. The minimum atomic E-state index is 0.0634. The lowest BCUT2D eigenvalue weighted by atomic mass is 9.98. The first-order valence-corrected chi connectivity index (χ1v) is 8.00. The van der Waals surface area contributed by atoms with Crippen molar-refractivity contribution in [3.63, 3.8) is 0 Å². The molecule has 0 atom stereocenters. The summed E-state index contributed by atoms with van der Waals surface area (Å²) in [6, 6.07) is 16.2. The maximum absolute atomic E-state index is 12.9. The van der Waals surface area contributed by atoms with Crippen LogP contribution in [0.15, 0.2) is 53.3 Å². The molecule has 22 heavy (non-hydrogen) atoms. The van der Waals surface area contributed by atoms with Gasteiger partial charge >= 0.3 is 0 Å². The van der Waals surface area contributed by atoms with Crippen LogP contribution in [0.5, 0.6) is 0 Å². The van der Waals surface area contributed by atoms with E-state index in [1.165, 1.54) is 5.56 Å². The Hall–Kier alpha value is -2.06. The van der Waals surface area contributed by atoms with Gasteiger partial charge in [-0.1, -0.05) is 60.1 Å². The fourth-order valence-electron chi connectivity index (χ4n) is 3.40. The highest BCUT2D eigenvalue weighted by molar-refractivity contribution is 6.36. The summed E-state index contributed by atoms with van der Waals surface area (Å²) in [5.41, 5.74) is 4.14. The lowest BCUT2D eigenvalue weighted by Crippen LogP contribution is -2.28. The second-order valence-electron chi connectivity index (χ2n) is 5.83. The predicted molar refractivity (Wildman–Crippen MR) is 90.8 cm³/mol. The zero-order valence-electron chi connectivity index (χ0n) is 12.2. The maximum atomic E-state index is 12.9. The third-order valence-electron chi connectivity index (χ3n) is 4.45. The molecule has 2 aromatic carbocycles. The number of hydrogen-bond donors (Lipinski definition) is 0. The van der Waals surface area contributed by atoms with E-state index in [1.807, 2.05) is 47.0 Å². The molecule has 3 aromatic rings. The van der Waals surface area contributed by atoms with Gasteiger partial charge in [-0.05, 0) is 24.0 Å². The van der Waals surface area contributed by atoms with Gasteiger partial charge in [0.2, 0.25) is 0 Å². The lowest BCUT2D eigenvalue weighted by molar-refractivity contribution is 0.612. The summed E-state index contributed by atoms with van der Waals surface area (Å²) in [7, 11) is 0. The van der Waals surface area contributed by atoms with Crippen LogP contribution in [0.2, 0.25) is 5.02 Å². The minimum absolute atomic E-state index is 0.0634. The number of aryl methyl sites for hydroxylation is 2. The monoisotopic (exact) mass is 309 g/mol. The zero-order valence-corrected chi connectivity index (χ0v) is 12.9. The van der Waals surface area contributed by atoms with Crippen molar-refractivity contribution in [3.8, 4) is 0 Å². The fraction of sp³-hybridized carbons (Fsp3) is 0.211. The van der Waals surface area contributed by atoms with E-state index in [0.717, 1.165) is 35.9 Å². The predicted octanol–water partition coefficient (Wildman–Crippen LogP) is 4.19. The Kier molecular flexibility index (Phi) is 3.27. The molecular formula is C19H16ClNO. The van der Waals surface area contributed by atoms with Crippen LogP contribution in [0.25, 0.3) is 10.9 Å². The SMILES string of the molecule is O=c1c(Cc2ccccc2)c(Cl)c2cccc3c2n1CCC3. The summed E-state index contributed by atoms with van der Waals surface area (Å²) >= 11 is 6.61. The van der Waals surface area contributed by atoms with E-state index in [-0.39, 0.29) is 5.56 Å². The standard InChI is InChI=1S/C19H16ClNO/c20-17-15-10-4-8-14-9-5-11-21(18(14)15)19(22)16(17)12-13-6-2-1-3-7-13/h1-4,6-8,10H,5,9,11-12H2. The third-order valence-corrected chi connectivity index (χ3v) is 4.88. The number of benzene rings is 2. The number of halogens is 1. The third kappa shape index (κ3) is 2.06. The number of hydrogen-bond acceptors (Lipinski definition) is 1. The molecule has 1 aliphatic heterocycles. The highest BCUT2D eigenvalue weighted by atomic mass is 35.5. The second kappa shape index (κ2) is 5.29. The quantitative estimate of drug-likeness (QED) is 0.695. The molecule has 2 heterocycles. The smallest absolute Gasteiger partial charge is 0.256 e. The van der Waals surface area contributed by atoms with Crippen LogP contribution in [-0.2, 0) is 19.4 Å². The van der Waals surface area contributed by atoms with Crippen molar-refractivity contribution in [2.45, 2.75) is 25.8 Å². The van der Waals surface area contributed by atoms with E-state index in [0.29, 0.717) is 17.0 Å². The van der Waals surface area contributed by atoms with E-state index in [2.05, 4.69) is 6.07 Å². The number of pyridine rings is 1. The molecule has 3 heteroatoms. The molecule has 2 nitrogen and oxygen atoms in total. The normalized spacial score (nSPS) is 13.5. The van der Waals surface area contributed by atoms with Crippen LogP contribution in [0.4, 0.5) is 0 Å². The van der Waals surface area contributed by atoms with Crippen molar-refractivity contribution in [1.29, 1.82) is 0 Å². The fourth-order valence-corrected chi connectivity index (χ4v) is 3.70. The molecule has 110 valence electrons. The number of para-hydroxylation sites is 1. The van der Waals surface area contributed by atoms with E-state index >= 15 is 0 Å². The van der Waals surface area contributed by atoms with E-state index in [9.17, 15) is 4.79 Å². The maximum Gasteiger partial charge on any atom is 0.256 e. The number of rotatable bonds is 2. The average Bonchev–Trinajstić information content (AvgIpc) is 2.57. The molecule has 0 unspecified atom stereocenters. The average molecular weight is 310 g/mol. The van der Waals surface area contributed by atoms with E-state index < -0.39 is 0 Å². The van der Waals surface area contributed by atoms with Gasteiger partial charge in [-0.2, -0.15) is 0 Å². The molecule has 0 spiro atoms. The van der Waals surface area contributed by atoms with Gasteiger partial charge in [-0.3, -0.25) is 4.79 Å². The molecule has 1 aromatic heterocycles. The van der Waals surface area contributed by atoms with Gasteiger partial charge < -0.3 is 4.57 Å². The van der Waals surface area contributed by atoms with Gasteiger partial charge in [0.1, 0.15) is 0 Å². The lowest BCUT2D eigenvalue weighted by Gasteiger charge is -2.21. The molecular weight excluding hydrogens is 294 g/mol. The van der Waals surface area contributed by atoms with Crippen LogP contribution in [0, 0.1) is 0 Å². The van der Waals surface area contributed by atoms with Crippen molar-refractivity contribution >= 4 is 22.5 Å². The summed E-state index contributed by atoms with van der Waals surface area (Å²) in [6.45, 7) is 0.783. The Morgan fingerprint density at radius 1 is 1.05 bits per heavy atom. The Bertz CT molecular complexity index is 912. The van der Waals surface area contributed by atoms with Gasteiger partial charge in [0.05, 0.1) is 10.5 Å². The van der Waals surface area contributed by atoms with Crippen molar-refractivity contribution in [2.75, 3.05) is 0 Å². The summed E-state index contributed by atoms with van der Waals surface area (Å²) in [5.74, 6) is 0. The van der Waals surface area contributed by atoms with E-state index in [4.69, 9.17) is 11.6 Å². The van der Waals surface area contributed by atoms with Crippen LogP contribution < -0.4 is 5.56 Å². The zero-order chi connectivity index (χ0) is 15.1. The van der Waals surface area contributed by atoms with Crippen LogP contribution in [0.3, 0.4) is 0 Å². The van der Waals surface area contributed by atoms with E-state index in [1.54, 1.807) is 0 Å². The van der Waals surface area contributed by atoms with Crippen LogP contribution in [-0.4, -0.2) is 4.57 Å². The molecule has 0 bridgehead atoms. The number of aromatic nitrogens is 1. The second-order valence-corrected chi connectivity index (χ2v) is 6.21. The van der Waals surface area contributed by atoms with Gasteiger partial charge in [0.25, 0.3) is 5.56 Å². The summed E-state index contributed by atoms with van der Waals surface area (Å²) in [6.07, 6.45) is 2.61. The molecule has 0 saturated heterocycles. The van der Waals surface area contributed by atoms with Gasteiger partial charge in [0, 0.05) is 23.9 Å². The molecule has 1 aliphatic rings. The molecule has 0 saturated carbocycles. The highest BCUT2D eigenvalue weighted by Gasteiger charge is 2.20. The summed E-state index contributed by atoms with van der Waals surface area (Å²) in [5, 5.41) is 1.62. The molecule has 0 aliphatic carbocycles. The Balaban J connectivity index is 1.99. The highest BCUT2D eigenvalue weighted by Crippen LogP contribution is 2.31. The van der Waals surface area contributed by atoms with Crippen LogP contribution in [0.1, 0.15) is 23.1 Å². The molecule has 0 fully saturated rings. The Morgan fingerprint density at radius 2 is 1.86 bits per heavy atom. The number of nitrogens with zero attached hydrogens (tertiary/aromatic N) is 1. The topological polar surface area (TPSA) is 22.0 Å². The van der Waals surface area contributed by atoms with Gasteiger partial charge in [-0.25, -0.2) is 0 Å². The molecule has 0 radical (unpaired) electrons.